The molecule has 0 saturated heterocycles. The fourth-order valence-electron chi connectivity index (χ4n) is 1.37. The summed E-state index contributed by atoms with van der Waals surface area (Å²) < 4.78 is 0. The van der Waals surface area contributed by atoms with Crippen molar-refractivity contribution in [2.45, 2.75) is 52.4 Å². The normalized spacial score (nSPS) is 13.6. The minimum absolute atomic E-state index is 0.196. The van der Waals surface area contributed by atoms with E-state index in [1.807, 2.05) is 6.07 Å². The van der Waals surface area contributed by atoms with Gasteiger partial charge in [0.1, 0.15) is 0 Å². The molecule has 1 aromatic rings. The molecule has 0 unspecified atom stereocenters. The maximum atomic E-state index is 7.72. The first-order valence-corrected chi connectivity index (χ1v) is 10.2. The summed E-state index contributed by atoms with van der Waals surface area (Å²) in [7, 11) is 0. The van der Waals surface area contributed by atoms with E-state index in [4.69, 9.17) is 14.7 Å². The van der Waals surface area contributed by atoms with Crippen molar-refractivity contribution in [2.24, 2.45) is 0 Å². The van der Waals surface area contributed by atoms with Crippen LogP contribution in [0.3, 0.4) is 0 Å². The SMILES string of the molecule is CC(C)(C)c1[c]ccc(C(C)(C)C)c1.O[PH](O)(O)[Rh]. The molecule has 0 atom stereocenters. The van der Waals surface area contributed by atoms with Gasteiger partial charge in [-0.1, -0.05) is 59.7 Å². The summed E-state index contributed by atoms with van der Waals surface area (Å²) in [6, 6.07) is 9.80. The Kier molecular flexibility index (Phi) is 6.79. The zero-order chi connectivity index (χ0) is 15.5. The molecular weight excluding hydrogens is 350 g/mol. The Balaban J connectivity index is 0.000000555. The third-order valence-corrected chi connectivity index (χ3v) is 2.48. The molecule has 5 heteroatoms. The van der Waals surface area contributed by atoms with E-state index in [0.29, 0.717) is 0 Å². The quantitative estimate of drug-likeness (QED) is 0.483. The van der Waals surface area contributed by atoms with Crippen LogP contribution in [0.15, 0.2) is 18.2 Å². The van der Waals surface area contributed by atoms with Crippen molar-refractivity contribution in [2.75, 3.05) is 0 Å². The molecule has 0 heterocycles. The van der Waals surface area contributed by atoms with Gasteiger partial charge in [-0.2, -0.15) is 0 Å². The number of hydrogen-bond acceptors (Lipinski definition) is 3. The van der Waals surface area contributed by atoms with Gasteiger partial charge in [-0.25, -0.2) is 0 Å². The molecule has 1 aromatic carbocycles. The van der Waals surface area contributed by atoms with Crippen molar-refractivity contribution in [1.29, 1.82) is 0 Å². The second-order valence-electron chi connectivity index (χ2n) is 6.51. The Bertz CT molecular complexity index is 365. The Morgan fingerprint density at radius 2 is 1.42 bits per heavy atom. The molecule has 0 spiro atoms. The summed E-state index contributed by atoms with van der Waals surface area (Å²) in [6.45, 7) is 13.4. The standard InChI is InChI=1S/C14H21.H4O3P.Rh/c1-13(2,3)11-8-7-9-12(10-11)14(4,5)6;1-4(2)3;/h7-8,10H,1-6H3;1-4H;/q;+1;-1. The van der Waals surface area contributed by atoms with E-state index in [-0.39, 0.29) is 10.8 Å². The minimum atomic E-state index is -3.72. The third kappa shape index (κ3) is 9.65. The van der Waals surface area contributed by atoms with Gasteiger partial charge in [-0.05, 0) is 28.0 Å². The Morgan fingerprint density at radius 3 is 1.74 bits per heavy atom. The average molecular weight is 375 g/mol. The monoisotopic (exact) mass is 375 g/mol. The molecule has 0 aliphatic rings. The third-order valence-electron chi connectivity index (χ3n) is 2.48. The predicted molar refractivity (Wildman–Crippen MR) is 77.6 cm³/mol. The van der Waals surface area contributed by atoms with E-state index in [2.05, 4.69) is 59.7 Å². The summed E-state index contributed by atoms with van der Waals surface area (Å²) >= 11 is 1.69. The van der Waals surface area contributed by atoms with Crippen molar-refractivity contribution in [3.8, 4) is 0 Å². The summed E-state index contributed by atoms with van der Waals surface area (Å²) in [5, 5.41) is 0. The molecule has 0 aliphatic carbocycles. The van der Waals surface area contributed by atoms with Gasteiger partial charge in [0, 0.05) is 0 Å². The van der Waals surface area contributed by atoms with Gasteiger partial charge >= 0.3 is 38.8 Å². The van der Waals surface area contributed by atoms with Crippen LogP contribution in [0.1, 0.15) is 52.7 Å². The van der Waals surface area contributed by atoms with Crippen molar-refractivity contribution >= 4 is 6.28 Å². The first kappa shape index (κ1) is 19.2. The molecule has 19 heavy (non-hydrogen) atoms. The van der Waals surface area contributed by atoms with Crippen molar-refractivity contribution in [1.82, 2.24) is 0 Å². The van der Waals surface area contributed by atoms with Gasteiger partial charge in [0.15, 0.2) is 0 Å². The maximum absolute atomic E-state index is 7.72. The Morgan fingerprint density at radius 1 is 1.00 bits per heavy atom. The Hall–Kier alpha value is 0.153. The van der Waals surface area contributed by atoms with Crippen LogP contribution in [-0.2, 0) is 28.7 Å². The van der Waals surface area contributed by atoms with Crippen LogP contribution in [-0.4, -0.2) is 14.7 Å². The number of benzene rings is 1. The van der Waals surface area contributed by atoms with E-state index in [1.54, 1.807) is 17.8 Å². The molecule has 3 N–H and O–H groups in total. The van der Waals surface area contributed by atoms with Gasteiger partial charge in [-0.15, -0.1) is 0 Å². The van der Waals surface area contributed by atoms with Crippen LogP contribution in [0.2, 0.25) is 0 Å². The number of rotatable bonds is 0. The summed E-state index contributed by atoms with van der Waals surface area (Å²) in [4.78, 5) is 23.2. The molecule has 0 fully saturated rings. The zero-order valence-electron chi connectivity index (χ0n) is 12.4. The first-order valence-electron chi connectivity index (χ1n) is 6.08. The van der Waals surface area contributed by atoms with Crippen molar-refractivity contribution < 1.29 is 32.5 Å². The molecule has 1 radical (unpaired) electrons. The average Bonchev–Trinajstić information content (AvgIpc) is 2.12. The molecule has 1 rings (SSSR count). The zero-order valence-corrected chi connectivity index (χ0v) is 15.0. The van der Waals surface area contributed by atoms with Gasteiger partial charge in [-0.3, -0.25) is 0 Å². The second-order valence-corrected chi connectivity index (χ2v) is 10.9. The van der Waals surface area contributed by atoms with E-state index in [9.17, 15) is 0 Å². The Labute approximate surface area is 126 Å². The van der Waals surface area contributed by atoms with E-state index >= 15 is 0 Å². The first-order chi connectivity index (χ1) is 8.21. The van der Waals surface area contributed by atoms with Crippen molar-refractivity contribution in [3.05, 3.63) is 35.4 Å². The van der Waals surface area contributed by atoms with Crippen LogP contribution in [0, 0.1) is 6.07 Å². The molecule has 0 bridgehead atoms. The van der Waals surface area contributed by atoms with Crippen LogP contribution in [0.25, 0.3) is 0 Å². The topological polar surface area (TPSA) is 60.7 Å². The van der Waals surface area contributed by atoms with Crippen LogP contribution >= 0.6 is 6.28 Å². The summed E-state index contributed by atoms with van der Waals surface area (Å²) in [5.41, 5.74) is 3.11. The molecule has 113 valence electrons. The predicted octanol–water partition coefficient (Wildman–Crippen LogP) is 3.00. The van der Waals surface area contributed by atoms with Gasteiger partial charge in [0.25, 0.3) is 0 Å². The summed E-state index contributed by atoms with van der Waals surface area (Å²) in [5.74, 6) is 0. The van der Waals surface area contributed by atoms with Crippen LogP contribution in [0.4, 0.5) is 0 Å². The number of hydrogen-bond donors (Lipinski definition) is 3. The van der Waals surface area contributed by atoms with Gasteiger partial charge < -0.3 is 0 Å². The fraction of sp³-hybridized carbons (Fsp3) is 0.571. The van der Waals surface area contributed by atoms with Crippen molar-refractivity contribution in [3.63, 3.8) is 0 Å². The van der Waals surface area contributed by atoms with Crippen LogP contribution < -0.4 is 0 Å². The fourth-order valence-corrected chi connectivity index (χ4v) is 1.37. The van der Waals surface area contributed by atoms with Gasteiger partial charge in [0.05, 0.1) is 0 Å². The van der Waals surface area contributed by atoms with Crippen LogP contribution in [0.5, 0.6) is 0 Å². The molecule has 0 aliphatic heterocycles. The van der Waals surface area contributed by atoms with Gasteiger partial charge in [0.2, 0.25) is 0 Å². The molecule has 0 amide bonds. The molecule has 0 saturated carbocycles. The summed E-state index contributed by atoms with van der Waals surface area (Å²) in [6.07, 6.45) is -3.72. The molecule has 0 aromatic heterocycles. The molecule has 3 nitrogen and oxygen atoms in total. The second kappa shape index (κ2) is 6.74. The van der Waals surface area contributed by atoms with E-state index in [0.717, 1.165) is 0 Å². The van der Waals surface area contributed by atoms with E-state index < -0.39 is 6.28 Å². The molecular formula is C14H25O3PRh. The van der Waals surface area contributed by atoms with E-state index in [1.165, 1.54) is 11.1 Å².